The SMILES string of the molecule is COc1cccc(OC)c1C(=O)c1cc(C)cc(F)c1. The van der Waals surface area contributed by atoms with Crippen LogP contribution in [0.3, 0.4) is 0 Å². The first-order chi connectivity index (χ1) is 9.56. The fourth-order valence-corrected chi connectivity index (χ4v) is 2.09. The number of rotatable bonds is 4. The number of ether oxygens (including phenoxy) is 2. The van der Waals surface area contributed by atoms with Gasteiger partial charge in [0.15, 0.2) is 0 Å². The summed E-state index contributed by atoms with van der Waals surface area (Å²) in [4.78, 5) is 12.6. The molecule has 0 heterocycles. The van der Waals surface area contributed by atoms with Crippen LogP contribution >= 0.6 is 0 Å². The van der Waals surface area contributed by atoms with Crippen molar-refractivity contribution in [1.29, 1.82) is 0 Å². The molecule has 0 aliphatic heterocycles. The van der Waals surface area contributed by atoms with Gasteiger partial charge in [0.05, 0.1) is 14.2 Å². The summed E-state index contributed by atoms with van der Waals surface area (Å²) in [7, 11) is 2.95. The maximum atomic E-state index is 13.5. The first-order valence-corrected chi connectivity index (χ1v) is 6.09. The third kappa shape index (κ3) is 2.64. The monoisotopic (exact) mass is 274 g/mol. The van der Waals surface area contributed by atoms with Crippen molar-refractivity contribution in [2.75, 3.05) is 14.2 Å². The van der Waals surface area contributed by atoms with E-state index in [1.165, 1.54) is 26.4 Å². The van der Waals surface area contributed by atoms with E-state index in [2.05, 4.69) is 0 Å². The van der Waals surface area contributed by atoms with E-state index in [-0.39, 0.29) is 11.3 Å². The number of hydrogen-bond acceptors (Lipinski definition) is 3. The number of hydrogen-bond donors (Lipinski definition) is 0. The van der Waals surface area contributed by atoms with Gasteiger partial charge in [-0.25, -0.2) is 4.39 Å². The van der Waals surface area contributed by atoms with Crippen molar-refractivity contribution in [2.45, 2.75) is 6.92 Å². The number of benzene rings is 2. The van der Waals surface area contributed by atoms with Crippen molar-refractivity contribution >= 4 is 5.78 Å². The average Bonchev–Trinajstić information content (AvgIpc) is 2.44. The molecule has 2 rings (SSSR count). The number of aryl methyl sites for hydroxylation is 1. The highest BCUT2D eigenvalue weighted by atomic mass is 19.1. The number of carbonyl (C=O) groups is 1. The van der Waals surface area contributed by atoms with E-state index in [1.54, 1.807) is 31.2 Å². The molecule has 0 amide bonds. The zero-order valence-corrected chi connectivity index (χ0v) is 11.6. The molecule has 0 saturated carbocycles. The maximum absolute atomic E-state index is 13.5. The van der Waals surface area contributed by atoms with Crippen LogP contribution in [0.4, 0.5) is 4.39 Å². The van der Waals surface area contributed by atoms with E-state index >= 15 is 0 Å². The van der Waals surface area contributed by atoms with Gasteiger partial charge in [-0.3, -0.25) is 4.79 Å². The second kappa shape index (κ2) is 5.74. The molecular formula is C16H15FO3. The highest BCUT2D eigenvalue weighted by Crippen LogP contribution is 2.30. The summed E-state index contributed by atoms with van der Waals surface area (Å²) in [5.74, 6) is 0.0247. The molecule has 0 saturated heterocycles. The standard InChI is InChI=1S/C16H15FO3/c1-10-7-11(9-12(17)8-10)16(18)15-13(19-2)5-4-6-14(15)20-3/h4-9H,1-3H3. The molecule has 0 radical (unpaired) electrons. The third-order valence-corrected chi connectivity index (χ3v) is 2.96. The van der Waals surface area contributed by atoms with Gasteiger partial charge in [0, 0.05) is 5.56 Å². The summed E-state index contributed by atoms with van der Waals surface area (Å²) in [6.07, 6.45) is 0. The second-order valence-corrected chi connectivity index (χ2v) is 4.38. The average molecular weight is 274 g/mol. The van der Waals surface area contributed by atoms with Crippen LogP contribution in [0.5, 0.6) is 11.5 Å². The Balaban J connectivity index is 2.58. The Morgan fingerprint density at radius 1 is 1.05 bits per heavy atom. The van der Waals surface area contributed by atoms with Gasteiger partial charge >= 0.3 is 0 Å². The molecule has 20 heavy (non-hydrogen) atoms. The molecule has 104 valence electrons. The topological polar surface area (TPSA) is 35.5 Å². The summed E-state index contributed by atoms with van der Waals surface area (Å²) in [5, 5.41) is 0. The third-order valence-electron chi connectivity index (χ3n) is 2.96. The Hall–Kier alpha value is -2.36. The summed E-state index contributed by atoms with van der Waals surface area (Å²) < 4.78 is 23.8. The van der Waals surface area contributed by atoms with Crippen LogP contribution in [0.1, 0.15) is 21.5 Å². The predicted molar refractivity (Wildman–Crippen MR) is 74.1 cm³/mol. The lowest BCUT2D eigenvalue weighted by Crippen LogP contribution is -2.07. The highest BCUT2D eigenvalue weighted by Gasteiger charge is 2.20. The summed E-state index contributed by atoms with van der Waals surface area (Å²) in [6, 6.07) is 9.28. The molecule has 0 N–H and O–H groups in total. The van der Waals surface area contributed by atoms with Crippen molar-refractivity contribution in [3.8, 4) is 11.5 Å². The quantitative estimate of drug-likeness (QED) is 0.802. The first-order valence-electron chi connectivity index (χ1n) is 6.09. The Bertz CT molecular complexity index is 608. The van der Waals surface area contributed by atoms with E-state index in [4.69, 9.17) is 9.47 Å². The van der Waals surface area contributed by atoms with Gasteiger partial charge in [-0.15, -0.1) is 0 Å². The first kappa shape index (κ1) is 14.1. The largest absolute Gasteiger partial charge is 0.496 e. The van der Waals surface area contributed by atoms with Crippen molar-refractivity contribution in [1.82, 2.24) is 0 Å². The maximum Gasteiger partial charge on any atom is 0.200 e. The van der Waals surface area contributed by atoms with E-state index in [0.29, 0.717) is 22.6 Å². The number of carbonyl (C=O) groups excluding carboxylic acids is 1. The van der Waals surface area contributed by atoms with Crippen molar-refractivity contribution in [3.63, 3.8) is 0 Å². The molecule has 0 bridgehead atoms. The molecule has 0 atom stereocenters. The zero-order chi connectivity index (χ0) is 14.7. The molecule has 0 unspecified atom stereocenters. The normalized spacial score (nSPS) is 10.2. The molecule has 4 heteroatoms. The Labute approximate surface area is 117 Å². The minimum atomic E-state index is -0.442. The second-order valence-electron chi connectivity index (χ2n) is 4.38. The molecule has 0 spiro atoms. The zero-order valence-electron chi connectivity index (χ0n) is 11.6. The minimum absolute atomic E-state index is 0.269. The van der Waals surface area contributed by atoms with E-state index in [0.717, 1.165) is 0 Å². The van der Waals surface area contributed by atoms with Gasteiger partial charge in [0.1, 0.15) is 22.9 Å². The minimum Gasteiger partial charge on any atom is -0.496 e. The highest BCUT2D eigenvalue weighted by molar-refractivity contribution is 6.12. The Morgan fingerprint density at radius 3 is 2.15 bits per heavy atom. The van der Waals surface area contributed by atoms with Gasteiger partial charge in [0.25, 0.3) is 0 Å². The fourth-order valence-electron chi connectivity index (χ4n) is 2.09. The van der Waals surface area contributed by atoms with Crippen molar-refractivity contribution in [2.24, 2.45) is 0 Å². The van der Waals surface area contributed by atoms with E-state index < -0.39 is 5.82 Å². The van der Waals surface area contributed by atoms with E-state index in [9.17, 15) is 9.18 Å². The molecule has 2 aromatic carbocycles. The van der Waals surface area contributed by atoms with Gasteiger partial charge < -0.3 is 9.47 Å². The van der Waals surface area contributed by atoms with Crippen molar-refractivity contribution in [3.05, 3.63) is 58.9 Å². The lowest BCUT2D eigenvalue weighted by atomic mass is 9.99. The van der Waals surface area contributed by atoms with Crippen molar-refractivity contribution < 1.29 is 18.7 Å². The van der Waals surface area contributed by atoms with Gasteiger partial charge in [-0.2, -0.15) is 0 Å². The number of halogens is 1. The van der Waals surface area contributed by atoms with Crippen LogP contribution < -0.4 is 9.47 Å². The smallest absolute Gasteiger partial charge is 0.200 e. The molecule has 3 nitrogen and oxygen atoms in total. The van der Waals surface area contributed by atoms with Crippen LogP contribution in [-0.2, 0) is 0 Å². The Morgan fingerprint density at radius 2 is 1.65 bits per heavy atom. The Kier molecular flexibility index (Phi) is 4.03. The van der Waals surface area contributed by atoms with Crippen LogP contribution in [-0.4, -0.2) is 20.0 Å². The molecule has 0 fully saturated rings. The molecule has 0 aromatic heterocycles. The fraction of sp³-hybridized carbons (Fsp3) is 0.188. The lowest BCUT2D eigenvalue weighted by Gasteiger charge is -2.12. The van der Waals surface area contributed by atoms with E-state index in [1.807, 2.05) is 0 Å². The summed E-state index contributed by atoms with van der Waals surface area (Å²) in [5.41, 5.74) is 1.25. The predicted octanol–water partition coefficient (Wildman–Crippen LogP) is 3.38. The molecular weight excluding hydrogens is 259 g/mol. The summed E-state index contributed by atoms with van der Waals surface area (Å²) in [6.45, 7) is 1.74. The number of methoxy groups -OCH3 is 2. The van der Waals surface area contributed by atoms with Gasteiger partial charge in [-0.1, -0.05) is 6.07 Å². The lowest BCUT2D eigenvalue weighted by molar-refractivity contribution is 0.103. The number of ketones is 1. The van der Waals surface area contributed by atoms with Crippen LogP contribution in [0.2, 0.25) is 0 Å². The van der Waals surface area contributed by atoms with Crippen LogP contribution in [0.15, 0.2) is 36.4 Å². The van der Waals surface area contributed by atoms with Crippen LogP contribution in [0, 0.1) is 12.7 Å². The molecule has 0 aliphatic rings. The van der Waals surface area contributed by atoms with Gasteiger partial charge in [0.2, 0.25) is 5.78 Å². The summed E-state index contributed by atoms with van der Waals surface area (Å²) >= 11 is 0. The molecule has 2 aromatic rings. The van der Waals surface area contributed by atoms with Crippen LogP contribution in [0.25, 0.3) is 0 Å². The molecule has 0 aliphatic carbocycles. The van der Waals surface area contributed by atoms with Gasteiger partial charge in [-0.05, 0) is 42.8 Å².